The molecule has 1 amide bonds. The van der Waals surface area contributed by atoms with Gasteiger partial charge >= 0.3 is 0 Å². The highest BCUT2D eigenvalue weighted by atomic mass is 35.5. The summed E-state index contributed by atoms with van der Waals surface area (Å²) in [5.41, 5.74) is 8.58. The molecule has 1 aromatic heterocycles. The maximum atomic E-state index is 15.1. The summed E-state index contributed by atoms with van der Waals surface area (Å²) in [5, 5.41) is 6.61. The van der Waals surface area contributed by atoms with Gasteiger partial charge in [0.25, 0.3) is 0 Å². The van der Waals surface area contributed by atoms with Crippen LogP contribution >= 0.6 is 11.6 Å². The number of anilines is 1. The molecule has 0 aliphatic carbocycles. The van der Waals surface area contributed by atoms with Crippen LogP contribution < -0.4 is 21.1 Å². The number of nitrogens with two attached hydrogens (primary N) is 1. The van der Waals surface area contributed by atoms with Gasteiger partial charge in [0.05, 0.1) is 19.4 Å². The maximum Gasteiger partial charge on any atom is 0.242 e. The molecule has 1 aliphatic heterocycles. The van der Waals surface area contributed by atoms with Crippen LogP contribution in [0.4, 0.5) is 10.1 Å². The lowest BCUT2D eigenvalue weighted by atomic mass is 9.85. The molecule has 1 saturated heterocycles. The summed E-state index contributed by atoms with van der Waals surface area (Å²) >= 11 is 6.10. The van der Waals surface area contributed by atoms with Gasteiger partial charge in [0, 0.05) is 59.6 Å². The van der Waals surface area contributed by atoms with E-state index in [-0.39, 0.29) is 29.8 Å². The Labute approximate surface area is 245 Å². The first-order valence-corrected chi connectivity index (χ1v) is 15.5. The molecule has 1 fully saturated rings. The Balaban J connectivity index is 1.58. The molecule has 0 unspecified atom stereocenters. The Morgan fingerprint density at radius 1 is 1.20 bits per heavy atom. The van der Waals surface area contributed by atoms with E-state index in [1.807, 2.05) is 6.92 Å². The van der Waals surface area contributed by atoms with Crippen molar-refractivity contribution in [1.82, 2.24) is 14.6 Å². The zero-order valence-electron chi connectivity index (χ0n) is 23.2. The molecule has 1 aliphatic rings. The smallest absolute Gasteiger partial charge is 0.242 e. The van der Waals surface area contributed by atoms with Crippen molar-refractivity contribution in [2.24, 2.45) is 5.73 Å². The number of aromatic nitrogens is 1. The lowest BCUT2D eigenvalue weighted by molar-refractivity contribution is -0.117. The molecule has 2 heterocycles. The van der Waals surface area contributed by atoms with Crippen molar-refractivity contribution in [1.29, 1.82) is 0 Å². The quantitative estimate of drug-likeness (QED) is 0.324. The van der Waals surface area contributed by atoms with Crippen LogP contribution in [0.25, 0.3) is 0 Å². The predicted molar refractivity (Wildman–Crippen MR) is 158 cm³/mol. The van der Waals surface area contributed by atoms with Crippen molar-refractivity contribution >= 4 is 33.2 Å². The number of rotatable bonds is 10. The molecule has 4 rings (SSSR count). The summed E-state index contributed by atoms with van der Waals surface area (Å²) in [7, 11) is -1.94. The summed E-state index contributed by atoms with van der Waals surface area (Å²) in [6, 6.07) is 13.3. The van der Waals surface area contributed by atoms with Crippen LogP contribution in [0, 0.1) is 5.82 Å². The van der Waals surface area contributed by atoms with Gasteiger partial charge in [-0.2, -0.15) is 4.31 Å². The second-order valence-electron chi connectivity index (χ2n) is 10.2. The van der Waals surface area contributed by atoms with Crippen molar-refractivity contribution in [3.05, 3.63) is 88.3 Å². The highest BCUT2D eigenvalue weighted by molar-refractivity contribution is 7.88. The van der Waals surface area contributed by atoms with Gasteiger partial charge in [0.1, 0.15) is 5.82 Å². The van der Waals surface area contributed by atoms with E-state index >= 15 is 4.39 Å². The van der Waals surface area contributed by atoms with E-state index in [1.54, 1.807) is 48.7 Å². The number of nitrogens with one attached hydrogen (secondary N) is 2. The van der Waals surface area contributed by atoms with E-state index in [4.69, 9.17) is 22.1 Å². The number of hydrogen-bond donors (Lipinski definition) is 3. The number of amides is 1. The van der Waals surface area contributed by atoms with E-state index < -0.39 is 33.7 Å². The molecular formula is C29H35ClFN5O4S. The van der Waals surface area contributed by atoms with Crippen LogP contribution in [0.15, 0.2) is 60.8 Å². The van der Waals surface area contributed by atoms with Crippen molar-refractivity contribution < 1.29 is 22.3 Å². The minimum Gasteiger partial charge on any atom is -0.481 e. The average molecular weight is 604 g/mol. The lowest BCUT2D eigenvalue weighted by Gasteiger charge is -2.39. The van der Waals surface area contributed by atoms with E-state index in [0.717, 1.165) is 5.56 Å². The SMILES string of the molecule is COc1ccc([C@H](c2ccc(Cl)cc2)[C@H](N)C(=O)Nc2cccc(F)c2CC[C@H]2CNC[C@H](C)N2S(C)(=O)=O)cn1. The van der Waals surface area contributed by atoms with Crippen LogP contribution in [0.3, 0.4) is 0 Å². The van der Waals surface area contributed by atoms with Crippen molar-refractivity contribution in [3.8, 4) is 5.88 Å². The number of halogens is 2. The summed E-state index contributed by atoms with van der Waals surface area (Å²) in [4.78, 5) is 17.8. The van der Waals surface area contributed by atoms with Gasteiger partial charge in [-0.3, -0.25) is 4.79 Å². The molecule has 0 bridgehead atoms. The molecular weight excluding hydrogens is 569 g/mol. The number of carbonyl (C=O) groups is 1. The van der Waals surface area contributed by atoms with E-state index in [0.29, 0.717) is 36.0 Å². The number of sulfonamides is 1. The Bertz CT molecular complexity index is 1460. The fraction of sp³-hybridized carbons (Fsp3) is 0.379. The van der Waals surface area contributed by atoms with E-state index in [2.05, 4.69) is 15.6 Å². The Morgan fingerprint density at radius 3 is 2.54 bits per heavy atom. The Kier molecular flexibility index (Phi) is 9.98. The van der Waals surface area contributed by atoms with Crippen LogP contribution in [0.5, 0.6) is 5.88 Å². The molecule has 0 saturated carbocycles. The Morgan fingerprint density at radius 2 is 1.90 bits per heavy atom. The molecule has 4 atom stereocenters. The normalized spacial score (nSPS) is 19.4. The topological polar surface area (TPSA) is 127 Å². The Hall–Kier alpha value is -3.09. The van der Waals surface area contributed by atoms with Gasteiger partial charge in [-0.15, -0.1) is 0 Å². The number of piperazine rings is 1. The van der Waals surface area contributed by atoms with Crippen LogP contribution in [-0.4, -0.2) is 68.2 Å². The maximum absolute atomic E-state index is 15.1. The number of carbonyl (C=O) groups excluding carboxylic acids is 1. The van der Waals surface area contributed by atoms with Crippen LogP contribution in [0.2, 0.25) is 5.02 Å². The fourth-order valence-electron chi connectivity index (χ4n) is 5.41. The summed E-state index contributed by atoms with van der Waals surface area (Å²) in [5.74, 6) is -1.17. The molecule has 0 spiro atoms. The minimum atomic E-state index is -3.46. The minimum absolute atomic E-state index is 0.214. The molecule has 0 radical (unpaired) electrons. The summed E-state index contributed by atoms with van der Waals surface area (Å²) in [6.07, 6.45) is 3.37. The highest BCUT2D eigenvalue weighted by Gasteiger charge is 2.34. The number of nitrogens with zero attached hydrogens (tertiary/aromatic N) is 2. The van der Waals surface area contributed by atoms with Crippen molar-refractivity contribution in [2.45, 2.75) is 43.8 Å². The second-order valence-corrected chi connectivity index (χ2v) is 12.6. The summed E-state index contributed by atoms with van der Waals surface area (Å²) < 4.78 is 46.7. The zero-order chi connectivity index (χ0) is 29.7. The second kappa shape index (κ2) is 13.3. The molecule has 12 heteroatoms. The van der Waals surface area contributed by atoms with Gasteiger partial charge in [-0.25, -0.2) is 17.8 Å². The van der Waals surface area contributed by atoms with Gasteiger partial charge in [0.2, 0.25) is 21.8 Å². The predicted octanol–water partition coefficient (Wildman–Crippen LogP) is 3.54. The van der Waals surface area contributed by atoms with Crippen LogP contribution in [0.1, 0.15) is 36.0 Å². The first-order valence-electron chi connectivity index (χ1n) is 13.3. The molecule has 220 valence electrons. The number of pyridine rings is 1. The van der Waals surface area contributed by atoms with Crippen LogP contribution in [-0.2, 0) is 21.2 Å². The van der Waals surface area contributed by atoms with Gasteiger partial charge < -0.3 is 21.1 Å². The molecule has 9 nitrogen and oxygen atoms in total. The largest absolute Gasteiger partial charge is 0.481 e. The zero-order valence-corrected chi connectivity index (χ0v) is 24.8. The number of hydrogen-bond acceptors (Lipinski definition) is 7. The molecule has 3 aromatic rings. The first-order chi connectivity index (χ1) is 19.5. The monoisotopic (exact) mass is 603 g/mol. The number of ether oxygens (including phenoxy) is 1. The van der Waals surface area contributed by atoms with Gasteiger partial charge in [0.15, 0.2) is 0 Å². The standard InChI is InChI=1S/C29H35ClFN5O4S/c1-18-15-33-17-22(36(18)41(3,38)39)12-13-23-24(31)5-4-6-25(23)35-29(37)28(32)27(19-7-10-21(30)11-8-19)20-9-14-26(40-2)34-16-20/h4-11,14,16,18,22,27-28,33H,12-13,15,17,32H2,1-3H3,(H,35,37)/t18-,22-,27-,28-/m0/s1. The number of benzene rings is 2. The molecule has 2 aromatic carbocycles. The van der Waals surface area contributed by atoms with E-state index in [1.165, 1.54) is 29.8 Å². The summed E-state index contributed by atoms with van der Waals surface area (Å²) in [6.45, 7) is 2.84. The van der Waals surface area contributed by atoms with Gasteiger partial charge in [-0.05, 0) is 55.2 Å². The third-order valence-electron chi connectivity index (χ3n) is 7.32. The first kappa shape index (κ1) is 30.9. The molecule has 4 N–H and O–H groups in total. The number of methoxy groups -OCH3 is 1. The fourth-order valence-corrected chi connectivity index (χ4v) is 6.98. The molecule has 41 heavy (non-hydrogen) atoms. The van der Waals surface area contributed by atoms with Crippen molar-refractivity contribution in [2.75, 3.05) is 31.8 Å². The third kappa shape index (κ3) is 7.41. The lowest BCUT2D eigenvalue weighted by Crippen LogP contribution is -2.58. The highest BCUT2D eigenvalue weighted by Crippen LogP contribution is 2.31. The van der Waals surface area contributed by atoms with E-state index in [9.17, 15) is 13.2 Å². The van der Waals surface area contributed by atoms with Crippen molar-refractivity contribution in [3.63, 3.8) is 0 Å². The average Bonchev–Trinajstić information content (AvgIpc) is 2.93. The van der Waals surface area contributed by atoms with Gasteiger partial charge in [-0.1, -0.05) is 35.9 Å². The third-order valence-corrected chi connectivity index (χ3v) is 9.00.